The highest BCUT2D eigenvalue weighted by Gasteiger charge is 2.19. The molecule has 2 amide bonds. The number of hydrogen-bond acceptors (Lipinski definition) is 8. The predicted octanol–water partition coefficient (Wildman–Crippen LogP) is 3.80. The number of carbonyl (C=O) groups is 2. The maximum Gasteiger partial charge on any atom is 0.272 e. The van der Waals surface area contributed by atoms with Gasteiger partial charge >= 0.3 is 0 Å². The minimum atomic E-state index is -1.23. The summed E-state index contributed by atoms with van der Waals surface area (Å²) in [6.45, 7) is 0.907. The maximum absolute atomic E-state index is 13.3. The fraction of sp³-hybridized carbons (Fsp3) is 0.172. The molecule has 0 bridgehead atoms. The van der Waals surface area contributed by atoms with Crippen molar-refractivity contribution >= 4 is 46.6 Å². The molecule has 0 aliphatic heterocycles. The van der Waals surface area contributed by atoms with Crippen molar-refractivity contribution in [2.45, 2.75) is 12.8 Å². The second-order valence-electron chi connectivity index (χ2n) is 8.59. The number of ether oxygens (including phenoxy) is 1. The first kappa shape index (κ1) is 30.6. The van der Waals surface area contributed by atoms with E-state index in [-0.39, 0.29) is 22.0 Å². The van der Waals surface area contributed by atoms with Crippen LogP contribution in [-0.4, -0.2) is 37.2 Å². The van der Waals surface area contributed by atoms with E-state index >= 15 is 0 Å². The lowest BCUT2D eigenvalue weighted by Crippen LogP contribution is -2.99. The largest absolute Gasteiger partial charge is 0.595 e. The first-order valence-electron chi connectivity index (χ1n) is 12.4. The minimum Gasteiger partial charge on any atom is -0.595 e. The summed E-state index contributed by atoms with van der Waals surface area (Å²) in [7, 11) is 1.52. The van der Waals surface area contributed by atoms with E-state index in [0.29, 0.717) is 42.9 Å². The number of anilines is 2. The molecule has 0 fully saturated rings. The zero-order valence-electron chi connectivity index (χ0n) is 22.1. The Morgan fingerprint density at radius 1 is 1.05 bits per heavy atom. The van der Waals surface area contributed by atoms with Gasteiger partial charge in [0.15, 0.2) is 5.69 Å². The molecule has 0 radical (unpaired) electrons. The number of methoxy groups -OCH3 is 1. The fourth-order valence-electron chi connectivity index (χ4n) is 3.74. The normalized spacial score (nSPS) is 11.5. The number of halogens is 1. The molecule has 210 valence electrons. The number of hydrogen-bond donors (Lipinski definition) is 4. The Bertz CT molecular complexity index is 1460. The third kappa shape index (κ3) is 8.80. The molecule has 0 spiro atoms. The van der Waals surface area contributed by atoms with Gasteiger partial charge in [0.2, 0.25) is 0 Å². The highest BCUT2D eigenvalue weighted by molar-refractivity contribution is 6.34. The average Bonchev–Trinajstić information content (AvgIpc) is 2.97. The lowest BCUT2D eigenvalue weighted by molar-refractivity contribution is -0.991. The SMILES string of the molecule is COc1ccc(NC(=O)/C(=C\c2ccc(N(CCC#N)CCC#N)cc2)NC(=O)c2cc([NH+]([O-])O)ccc2Cl)cc1. The van der Waals surface area contributed by atoms with Gasteiger partial charge in [-0.25, -0.2) is 5.21 Å². The van der Waals surface area contributed by atoms with Crippen LogP contribution in [0, 0.1) is 27.9 Å². The van der Waals surface area contributed by atoms with Crippen LogP contribution in [-0.2, 0) is 4.79 Å². The van der Waals surface area contributed by atoms with Crippen LogP contribution in [0.25, 0.3) is 6.08 Å². The molecule has 4 N–H and O–H groups in total. The Morgan fingerprint density at radius 3 is 2.24 bits per heavy atom. The lowest BCUT2D eigenvalue weighted by atomic mass is 10.1. The Balaban J connectivity index is 1.93. The second kappa shape index (κ2) is 15.0. The van der Waals surface area contributed by atoms with Gasteiger partial charge in [-0.1, -0.05) is 23.7 Å². The quantitative estimate of drug-likeness (QED) is 0.187. The van der Waals surface area contributed by atoms with Crippen molar-refractivity contribution in [2.75, 3.05) is 30.4 Å². The van der Waals surface area contributed by atoms with Crippen molar-refractivity contribution in [2.24, 2.45) is 0 Å². The molecule has 0 aromatic heterocycles. The summed E-state index contributed by atoms with van der Waals surface area (Å²) >= 11 is 6.17. The number of carbonyl (C=O) groups excluding carboxylic acids is 2. The van der Waals surface area contributed by atoms with Crippen LogP contribution in [0.3, 0.4) is 0 Å². The van der Waals surface area contributed by atoms with Gasteiger partial charge in [-0.2, -0.15) is 15.8 Å². The molecule has 0 aliphatic carbocycles. The molecule has 3 aromatic carbocycles. The zero-order valence-corrected chi connectivity index (χ0v) is 22.8. The molecule has 0 heterocycles. The van der Waals surface area contributed by atoms with Crippen LogP contribution in [0.2, 0.25) is 5.02 Å². The van der Waals surface area contributed by atoms with E-state index in [1.165, 1.54) is 25.3 Å². The average molecular weight is 575 g/mol. The molecule has 1 unspecified atom stereocenters. The van der Waals surface area contributed by atoms with Crippen LogP contribution < -0.4 is 25.5 Å². The van der Waals surface area contributed by atoms with E-state index < -0.39 is 17.0 Å². The summed E-state index contributed by atoms with van der Waals surface area (Å²) in [6, 6.07) is 21.5. The van der Waals surface area contributed by atoms with Gasteiger partial charge in [0.1, 0.15) is 11.4 Å². The molecule has 3 rings (SSSR count). The van der Waals surface area contributed by atoms with Crippen LogP contribution >= 0.6 is 11.6 Å². The van der Waals surface area contributed by atoms with Gasteiger partial charge in [-0.3, -0.25) is 9.59 Å². The molecule has 11 nitrogen and oxygen atoms in total. The molecular weight excluding hydrogens is 548 g/mol. The lowest BCUT2D eigenvalue weighted by Gasteiger charge is -2.22. The van der Waals surface area contributed by atoms with E-state index in [2.05, 4.69) is 22.8 Å². The number of amides is 2. The Morgan fingerprint density at radius 2 is 1.68 bits per heavy atom. The van der Waals surface area contributed by atoms with Gasteiger partial charge in [0.05, 0.1) is 42.7 Å². The molecule has 0 saturated heterocycles. The van der Waals surface area contributed by atoms with Crippen LogP contribution in [0.5, 0.6) is 5.75 Å². The number of nitrogens with one attached hydrogen (secondary N) is 3. The standard InChI is InChI=1S/C29H27ClN6O5/c1-41-24-11-6-21(7-12-24)33-29(38)27(34-28(37)25-19-23(36(39)40)10-13-26(25)30)18-20-4-8-22(9-5-20)35(16-2-14-31)17-3-15-32/h4-13,18-19,36,39H,2-3,16-17H2,1H3,(H,33,38)(H,34,37)/b27-18+. The van der Waals surface area contributed by atoms with Crippen molar-refractivity contribution in [1.82, 2.24) is 5.32 Å². The first-order chi connectivity index (χ1) is 19.7. The number of nitrogens with zero attached hydrogens (tertiary/aromatic N) is 3. The molecular formula is C29H27ClN6O5. The predicted molar refractivity (Wildman–Crippen MR) is 153 cm³/mol. The number of rotatable bonds is 12. The van der Waals surface area contributed by atoms with Gasteiger partial charge in [0, 0.05) is 36.6 Å². The third-order valence-corrected chi connectivity index (χ3v) is 6.18. The van der Waals surface area contributed by atoms with Crippen LogP contribution in [0.4, 0.5) is 17.1 Å². The van der Waals surface area contributed by atoms with Gasteiger partial charge in [0.25, 0.3) is 11.8 Å². The molecule has 0 saturated carbocycles. The fourth-order valence-corrected chi connectivity index (χ4v) is 3.94. The topological polar surface area (TPSA) is 166 Å². The molecule has 1 atom stereocenters. The maximum atomic E-state index is 13.3. The summed E-state index contributed by atoms with van der Waals surface area (Å²) < 4.78 is 5.14. The Labute approximate surface area is 242 Å². The highest BCUT2D eigenvalue weighted by atomic mass is 35.5. The summed E-state index contributed by atoms with van der Waals surface area (Å²) in [5.41, 5.74) is 1.43. The smallest absolute Gasteiger partial charge is 0.272 e. The molecule has 0 aliphatic rings. The van der Waals surface area contributed by atoms with E-state index in [9.17, 15) is 20.0 Å². The van der Waals surface area contributed by atoms with E-state index in [4.69, 9.17) is 26.9 Å². The van der Waals surface area contributed by atoms with Crippen molar-refractivity contribution < 1.29 is 24.8 Å². The monoisotopic (exact) mass is 574 g/mol. The minimum absolute atomic E-state index is 0.0154. The zero-order chi connectivity index (χ0) is 29.8. The van der Waals surface area contributed by atoms with Crippen molar-refractivity contribution in [3.8, 4) is 17.9 Å². The summed E-state index contributed by atoms with van der Waals surface area (Å²) in [5, 5.41) is 42.7. The van der Waals surface area contributed by atoms with Crippen LogP contribution in [0.1, 0.15) is 28.8 Å². The van der Waals surface area contributed by atoms with Gasteiger partial charge in [-0.05, 0) is 54.1 Å². The van der Waals surface area contributed by atoms with E-state index in [1.54, 1.807) is 48.5 Å². The van der Waals surface area contributed by atoms with E-state index in [0.717, 1.165) is 11.8 Å². The van der Waals surface area contributed by atoms with Crippen molar-refractivity contribution in [1.29, 1.82) is 10.5 Å². The van der Waals surface area contributed by atoms with E-state index in [1.807, 2.05) is 4.90 Å². The number of quaternary nitrogens is 1. The van der Waals surface area contributed by atoms with Gasteiger partial charge < -0.3 is 25.5 Å². The second-order valence-corrected chi connectivity index (χ2v) is 9.00. The van der Waals surface area contributed by atoms with Crippen molar-refractivity contribution in [3.63, 3.8) is 0 Å². The highest BCUT2D eigenvalue weighted by Crippen LogP contribution is 2.21. The molecule has 3 aromatic rings. The number of benzene rings is 3. The summed E-state index contributed by atoms with van der Waals surface area (Å²) in [5.74, 6) is -0.813. The Kier molecular flexibility index (Phi) is 11.2. The third-order valence-electron chi connectivity index (χ3n) is 5.85. The number of nitriles is 2. The molecule has 12 heteroatoms. The van der Waals surface area contributed by atoms with Crippen LogP contribution in [0.15, 0.2) is 72.4 Å². The first-order valence-corrected chi connectivity index (χ1v) is 12.7. The Hall–Kier alpha value is -4.91. The summed E-state index contributed by atoms with van der Waals surface area (Å²) in [4.78, 5) is 28.3. The van der Waals surface area contributed by atoms with Gasteiger partial charge in [-0.15, -0.1) is 0 Å². The van der Waals surface area contributed by atoms with Crippen molar-refractivity contribution in [3.05, 3.63) is 93.8 Å². The molecule has 41 heavy (non-hydrogen) atoms. The summed E-state index contributed by atoms with van der Waals surface area (Å²) in [6.07, 6.45) is 2.05.